The van der Waals surface area contributed by atoms with E-state index in [1.54, 1.807) is 20.8 Å². The van der Waals surface area contributed by atoms with Gasteiger partial charge in [0.1, 0.15) is 5.54 Å². The van der Waals surface area contributed by atoms with Crippen molar-refractivity contribution in [2.45, 2.75) is 52.1 Å². The van der Waals surface area contributed by atoms with Crippen LogP contribution in [0.4, 0.5) is 4.79 Å². The van der Waals surface area contributed by atoms with Gasteiger partial charge < -0.3 is 20.5 Å². The van der Waals surface area contributed by atoms with Crippen LogP contribution in [-0.2, 0) is 9.53 Å². The molecule has 0 radical (unpaired) electrons. The van der Waals surface area contributed by atoms with Crippen molar-refractivity contribution in [3.63, 3.8) is 0 Å². The molecule has 0 aromatic heterocycles. The van der Waals surface area contributed by atoms with Crippen LogP contribution in [0, 0.1) is 0 Å². The highest BCUT2D eigenvalue weighted by atomic mass is 16.5. The van der Waals surface area contributed by atoms with Crippen LogP contribution >= 0.6 is 0 Å². The highest BCUT2D eigenvalue weighted by molar-refractivity contribution is 5.86. The molecule has 0 fully saturated rings. The Morgan fingerprint density at radius 2 is 1.83 bits per heavy atom. The average Bonchev–Trinajstić information content (AvgIpc) is 2.33. The molecule has 2 amide bonds. The normalized spacial score (nSPS) is 12.9. The first-order valence-electron chi connectivity index (χ1n) is 6.31. The van der Waals surface area contributed by atoms with E-state index in [1.165, 1.54) is 0 Å². The third-order valence-electron chi connectivity index (χ3n) is 2.92. The zero-order valence-electron chi connectivity index (χ0n) is 11.6. The number of rotatable bonds is 8. The summed E-state index contributed by atoms with van der Waals surface area (Å²) in [6, 6.07) is -0.640. The zero-order chi connectivity index (χ0) is 14.2. The lowest BCUT2D eigenvalue weighted by Gasteiger charge is -2.28. The number of nitrogens with one attached hydrogen (secondary N) is 2. The van der Waals surface area contributed by atoms with Crippen LogP contribution in [0.5, 0.6) is 0 Å². The van der Waals surface area contributed by atoms with E-state index >= 15 is 0 Å². The van der Waals surface area contributed by atoms with Gasteiger partial charge in [-0.2, -0.15) is 0 Å². The fraction of sp³-hybridized carbons (Fsp3) is 0.833. The minimum Gasteiger partial charge on any atom is -0.480 e. The van der Waals surface area contributed by atoms with Crippen molar-refractivity contribution in [1.29, 1.82) is 0 Å². The van der Waals surface area contributed by atoms with Crippen LogP contribution in [0.3, 0.4) is 0 Å². The zero-order valence-corrected chi connectivity index (χ0v) is 11.6. The third-order valence-corrected chi connectivity index (χ3v) is 2.92. The molecule has 106 valence electrons. The Labute approximate surface area is 108 Å². The molecule has 0 aliphatic heterocycles. The summed E-state index contributed by atoms with van der Waals surface area (Å²) >= 11 is 0. The maximum atomic E-state index is 11.7. The van der Waals surface area contributed by atoms with E-state index in [9.17, 15) is 14.7 Å². The number of carboxylic acid groups (broad SMARTS) is 1. The number of urea groups is 1. The maximum Gasteiger partial charge on any atom is 0.329 e. The maximum absolute atomic E-state index is 11.7. The summed E-state index contributed by atoms with van der Waals surface area (Å²) in [5, 5.41) is 14.4. The van der Waals surface area contributed by atoms with Crippen LogP contribution < -0.4 is 10.6 Å². The van der Waals surface area contributed by atoms with Gasteiger partial charge in [0.2, 0.25) is 0 Å². The Hall–Kier alpha value is -1.30. The molecule has 0 spiro atoms. The number of carbonyl (C=O) groups is 2. The Bertz CT molecular complexity index is 277. The highest BCUT2D eigenvalue weighted by Crippen LogP contribution is 2.15. The van der Waals surface area contributed by atoms with Crippen LogP contribution in [0.1, 0.15) is 40.5 Å². The standard InChI is InChI=1S/C12H24N2O4/c1-5-12(6-2,10(15)16)14-11(17)13-9(4)8-18-7-3/h9H,5-8H2,1-4H3,(H,15,16)(H2,13,14,17). The fourth-order valence-corrected chi connectivity index (χ4v) is 1.60. The first kappa shape index (κ1) is 16.7. The van der Waals surface area contributed by atoms with Gasteiger partial charge in [-0.25, -0.2) is 9.59 Å². The Morgan fingerprint density at radius 3 is 2.22 bits per heavy atom. The van der Waals surface area contributed by atoms with Crippen molar-refractivity contribution >= 4 is 12.0 Å². The Morgan fingerprint density at radius 1 is 1.28 bits per heavy atom. The number of hydrogen-bond donors (Lipinski definition) is 3. The van der Waals surface area contributed by atoms with E-state index in [4.69, 9.17) is 4.74 Å². The molecule has 0 aromatic rings. The van der Waals surface area contributed by atoms with Crippen molar-refractivity contribution in [3.05, 3.63) is 0 Å². The van der Waals surface area contributed by atoms with Gasteiger partial charge in [-0.15, -0.1) is 0 Å². The number of amides is 2. The van der Waals surface area contributed by atoms with Gasteiger partial charge in [-0.1, -0.05) is 13.8 Å². The van der Waals surface area contributed by atoms with Crippen LogP contribution in [0.25, 0.3) is 0 Å². The van der Waals surface area contributed by atoms with Crippen molar-refractivity contribution in [1.82, 2.24) is 10.6 Å². The van der Waals surface area contributed by atoms with E-state index in [0.29, 0.717) is 26.1 Å². The molecule has 1 unspecified atom stereocenters. The van der Waals surface area contributed by atoms with Gasteiger partial charge in [-0.05, 0) is 26.7 Å². The summed E-state index contributed by atoms with van der Waals surface area (Å²) in [5.41, 5.74) is -1.20. The quantitative estimate of drug-likeness (QED) is 0.615. The van der Waals surface area contributed by atoms with Crippen LogP contribution in [0.2, 0.25) is 0 Å². The summed E-state index contributed by atoms with van der Waals surface area (Å²) in [4.78, 5) is 22.9. The molecule has 6 nitrogen and oxygen atoms in total. The number of ether oxygens (including phenoxy) is 1. The average molecular weight is 260 g/mol. The smallest absolute Gasteiger partial charge is 0.329 e. The molecule has 0 heterocycles. The monoisotopic (exact) mass is 260 g/mol. The number of aliphatic carboxylic acids is 1. The predicted molar refractivity (Wildman–Crippen MR) is 68.6 cm³/mol. The van der Waals surface area contributed by atoms with Gasteiger partial charge in [-0.3, -0.25) is 0 Å². The lowest BCUT2D eigenvalue weighted by atomic mass is 9.93. The molecule has 0 aliphatic rings. The topological polar surface area (TPSA) is 87.7 Å². The lowest BCUT2D eigenvalue weighted by molar-refractivity contribution is -0.144. The van der Waals surface area contributed by atoms with Gasteiger partial charge in [0.05, 0.1) is 12.6 Å². The Kier molecular flexibility index (Phi) is 7.35. The molecule has 0 aromatic carbocycles. The van der Waals surface area contributed by atoms with Crippen LogP contribution in [0.15, 0.2) is 0 Å². The van der Waals surface area contributed by atoms with Crippen molar-refractivity contribution in [2.24, 2.45) is 0 Å². The van der Waals surface area contributed by atoms with E-state index in [-0.39, 0.29) is 6.04 Å². The van der Waals surface area contributed by atoms with E-state index in [1.807, 2.05) is 6.92 Å². The second-order valence-electron chi connectivity index (χ2n) is 4.25. The van der Waals surface area contributed by atoms with E-state index < -0.39 is 17.5 Å². The molecule has 6 heteroatoms. The lowest BCUT2D eigenvalue weighted by Crippen LogP contribution is -2.57. The summed E-state index contributed by atoms with van der Waals surface area (Å²) in [6.07, 6.45) is 0.679. The minimum absolute atomic E-state index is 0.162. The first-order valence-corrected chi connectivity index (χ1v) is 6.31. The second-order valence-corrected chi connectivity index (χ2v) is 4.25. The van der Waals surface area contributed by atoms with Gasteiger partial charge in [0.15, 0.2) is 0 Å². The molecule has 0 aliphatic carbocycles. The number of carboxylic acids is 1. The van der Waals surface area contributed by atoms with Gasteiger partial charge >= 0.3 is 12.0 Å². The number of hydrogen-bond acceptors (Lipinski definition) is 3. The highest BCUT2D eigenvalue weighted by Gasteiger charge is 2.36. The Balaban J connectivity index is 4.39. The molecule has 0 saturated carbocycles. The van der Waals surface area contributed by atoms with Crippen molar-refractivity contribution < 1.29 is 19.4 Å². The van der Waals surface area contributed by atoms with Crippen molar-refractivity contribution in [2.75, 3.05) is 13.2 Å². The predicted octanol–water partition coefficient (Wildman–Crippen LogP) is 1.35. The molecular formula is C12H24N2O4. The van der Waals surface area contributed by atoms with E-state index in [0.717, 1.165) is 0 Å². The van der Waals surface area contributed by atoms with Crippen molar-refractivity contribution in [3.8, 4) is 0 Å². The SMILES string of the molecule is CCOCC(C)NC(=O)NC(CC)(CC)C(=O)O. The van der Waals surface area contributed by atoms with Gasteiger partial charge in [0, 0.05) is 6.61 Å². The fourth-order valence-electron chi connectivity index (χ4n) is 1.60. The molecule has 18 heavy (non-hydrogen) atoms. The van der Waals surface area contributed by atoms with E-state index in [2.05, 4.69) is 10.6 Å². The second kappa shape index (κ2) is 7.92. The molecule has 0 rings (SSSR count). The molecule has 1 atom stereocenters. The summed E-state index contributed by atoms with van der Waals surface area (Å²) in [6.45, 7) is 8.13. The molecule has 0 bridgehead atoms. The largest absolute Gasteiger partial charge is 0.480 e. The molecule has 0 saturated heterocycles. The minimum atomic E-state index is -1.20. The summed E-state index contributed by atoms with van der Waals surface area (Å²) < 4.78 is 5.17. The summed E-state index contributed by atoms with van der Waals surface area (Å²) in [7, 11) is 0. The summed E-state index contributed by atoms with van der Waals surface area (Å²) in [5.74, 6) is -1.01. The molecular weight excluding hydrogens is 236 g/mol. The van der Waals surface area contributed by atoms with Crippen LogP contribution in [-0.4, -0.2) is 41.9 Å². The third kappa shape index (κ3) is 4.91. The number of carbonyl (C=O) groups excluding carboxylic acids is 1. The van der Waals surface area contributed by atoms with Gasteiger partial charge in [0.25, 0.3) is 0 Å². The molecule has 3 N–H and O–H groups in total. The first-order chi connectivity index (χ1) is 8.41.